The third kappa shape index (κ3) is 5.84. The van der Waals surface area contributed by atoms with Crippen LogP contribution in [0.4, 0.5) is 15.8 Å². The second-order valence-electron chi connectivity index (χ2n) is 9.39. The van der Waals surface area contributed by atoms with E-state index in [0.717, 1.165) is 0 Å². The van der Waals surface area contributed by atoms with Crippen molar-refractivity contribution in [3.63, 3.8) is 0 Å². The highest BCUT2D eigenvalue weighted by molar-refractivity contribution is 6.01. The summed E-state index contributed by atoms with van der Waals surface area (Å²) >= 11 is 0. The standard InChI is InChI=1S/C28H27FN6O5/c1-28(2,38)25(29)15-32-26(36)20-14-31-22(23-8-6-18-9-16(12-30)13-33-35(18)23)11-21(20)34-17-5-7-19(27(37)40-4)24(10-17)39-3/h5-11,13-14,25,38H,15H2,1-4H3,(H,31,34)(H,32,36). The molecule has 3 aromatic heterocycles. The molecule has 0 radical (unpaired) electrons. The molecule has 4 rings (SSSR count). The van der Waals surface area contributed by atoms with E-state index in [1.807, 2.05) is 0 Å². The Kier molecular flexibility index (Phi) is 7.97. The fourth-order valence-electron chi connectivity index (χ4n) is 3.86. The van der Waals surface area contributed by atoms with Crippen molar-refractivity contribution >= 4 is 28.8 Å². The number of amides is 1. The predicted molar refractivity (Wildman–Crippen MR) is 144 cm³/mol. The van der Waals surface area contributed by atoms with Crippen LogP contribution in [-0.4, -0.2) is 64.1 Å². The molecule has 1 aromatic carbocycles. The minimum Gasteiger partial charge on any atom is -0.496 e. The number of fused-ring (bicyclic) bond motifs is 1. The molecular formula is C28H27FN6O5. The lowest BCUT2D eigenvalue weighted by atomic mass is 10.0. The molecule has 0 aliphatic rings. The number of ether oxygens (including phenoxy) is 2. The monoisotopic (exact) mass is 546 g/mol. The minimum absolute atomic E-state index is 0.100. The molecule has 0 bridgehead atoms. The van der Waals surface area contributed by atoms with Crippen LogP contribution in [0.2, 0.25) is 0 Å². The van der Waals surface area contributed by atoms with Crippen LogP contribution < -0.4 is 15.4 Å². The van der Waals surface area contributed by atoms with Gasteiger partial charge in [0.25, 0.3) is 5.91 Å². The van der Waals surface area contributed by atoms with Gasteiger partial charge in [-0.05, 0) is 50.2 Å². The van der Waals surface area contributed by atoms with Gasteiger partial charge in [0.1, 0.15) is 23.6 Å². The van der Waals surface area contributed by atoms with Crippen LogP contribution in [0.3, 0.4) is 0 Å². The number of anilines is 2. The molecule has 0 saturated carbocycles. The Morgan fingerprint density at radius 1 is 1.15 bits per heavy atom. The zero-order chi connectivity index (χ0) is 29.0. The van der Waals surface area contributed by atoms with E-state index in [1.165, 1.54) is 46.5 Å². The van der Waals surface area contributed by atoms with Gasteiger partial charge in [-0.2, -0.15) is 10.4 Å². The Morgan fingerprint density at radius 3 is 2.60 bits per heavy atom. The number of aliphatic hydroxyl groups is 1. The van der Waals surface area contributed by atoms with E-state index >= 15 is 0 Å². The van der Waals surface area contributed by atoms with Crippen molar-refractivity contribution in [3.8, 4) is 23.2 Å². The highest BCUT2D eigenvalue weighted by Crippen LogP contribution is 2.30. The van der Waals surface area contributed by atoms with E-state index < -0.39 is 30.2 Å². The molecular weight excluding hydrogens is 519 g/mol. The first-order valence-corrected chi connectivity index (χ1v) is 12.1. The Morgan fingerprint density at radius 2 is 1.93 bits per heavy atom. The number of benzene rings is 1. The van der Waals surface area contributed by atoms with Crippen molar-refractivity contribution < 1.29 is 28.6 Å². The summed E-state index contributed by atoms with van der Waals surface area (Å²) in [5.41, 5.74) is 1.61. The van der Waals surface area contributed by atoms with Crippen molar-refractivity contribution in [3.05, 3.63) is 71.5 Å². The Balaban J connectivity index is 1.75. The summed E-state index contributed by atoms with van der Waals surface area (Å²) in [6, 6.07) is 13.6. The number of hydrogen-bond acceptors (Lipinski definition) is 9. The summed E-state index contributed by atoms with van der Waals surface area (Å²) < 4.78 is 26.1. The number of methoxy groups -OCH3 is 2. The number of alkyl halides is 1. The minimum atomic E-state index is -1.70. The summed E-state index contributed by atoms with van der Waals surface area (Å²) in [6.45, 7) is 2.21. The van der Waals surface area contributed by atoms with Gasteiger partial charge in [-0.3, -0.25) is 9.78 Å². The maximum Gasteiger partial charge on any atom is 0.341 e. The van der Waals surface area contributed by atoms with E-state index in [9.17, 15) is 24.3 Å². The summed E-state index contributed by atoms with van der Waals surface area (Å²) in [4.78, 5) is 29.6. The SMILES string of the molecule is COC(=O)c1ccc(Nc2cc(-c3ccc4cc(C#N)cnn34)ncc2C(=O)NCC(F)C(C)(C)O)cc1OC. The quantitative estimate of drug-likeness (QED) is 0.267. The molecule has 1 amide bonds. The van der Waals surface area contributed by atoms with Crippen LogP contribution in [0.25, 0.3) is 16.9 Å². The average molecular weight is 547 g/mol. The number of nitrogens with one attached hydrogen (secondary N) is 2. The Labute approximate surface area is 229 Å². The van der Waals surface area contributed by atoms with Gasteiger partial charge in [-0.15, -0.1) is 0 Å². The Hall–Kier alpha value is -5.02. The topological polar surface area (TPSA) is 151 Å². The number of nitrogens with zero attached hydrogens (tertiary/aromatic N) is 4. The molecule has 0 aliphatic carbocycles. The molecule has 1 unspecified atom stereocenters. The number of rotatable bonds is 9. The largest absolute Gasteiger partial charge is 0.496 e. The van der Waals surface area contributed by atoms with Crippen LogP contribution >= 0.6 is 0 Å². The van der Waals surface area contributed by atoms with Gasteiger partial charge in [0.05, 0.1) is 66.3 Å². The van der Waals surface area contributed by atoms with Gasteiger partial charge in [0, 0.05) is 18.0 Å². The van der Waals surface area contributed by atoms with E-state index in [-0.39, 0.29) is 16.9 Å². The van der Waals surface area contributed by atoms with Crippen molar-refractivity contribution in [2.75, 3.05) is 26.1 Å². The Bertz CT molecular complexity index is 1620. The number of carbonyl (C=O) groups is 2. The second kappa shape index (κ2) is 11.4. The molecule has 3 heterocycles. The number of hydrogen-bond donors (Lipinski definition) is 3. The van der Waals surface area contributed by atoms with Gasteiger partial charge in [0.15, 0.2) is 0 Å². The molecule has 12 heteroatoms. The lowest BCUT2D eigenvalue weighted by Crippen LogP contribution is -2.42. The van der Waals surface area contributed by atoms with Crippen molar-refractivity contribution in [1.29, 1.82) is 5.26 Å². The van der Waals surface area contributed by atoms with E-state index in [0.29, 0.717) is 33.8 Å². The molecule has 0 aliphatic heterocycles. The van der Waals surface area contributed by atoms with Crippen LogP contribution in [0, 0.1) is 11.3 Å². The van der Waals surface area contributed by atoms with Crippen molar-refractivity contribution in [1.82, 2.24) is 19.9 Å². The van der Waals surface area contributed by atoms with E-state index in [1.54, 1.807) is 40.9 Å². The predicted octanol–water partition coefficient (Wildman–Crippen LogP) is 3.65. The summed E-state index contributed by atoms with van der Waals surface area (Å²) in [5.74, 6) is -0.949. The van der Waals surface area contributed by atoms with Gasteiger partial charge in [0.2, 0.25) is 0 Å². The first-order valence-electron chi connectivity index (χ1n) is 12.1. The molecule has 0 spiro atoms. The highest BCUT2D eigenvalue weighted by atomic mass is 19.1. The van der Waals surface area contributed by atoms with Crippen molar-refractivity contribution in [2.45, 2.75) is 25.6 Å². The molecule has 1 atom stereocenters. The molecule has 4 aromatic rings. The fourth-order valence-corrected chi connectivity index (χ4v) is 3.86. The van der Waals surface area contributed by atoms with Gasteiger partial charge >= 0.3 is 5.97 Å². The average Bonchev–Trinajstić information content (AvgIpc) is 3.37. The van der Waals surface area contributed by atoms with Gasteiger partial charge in [-0.25, -0.2) is 13.7 Å². The molecule has 40 heavy (non-hydrogen) atoms. The van der Waals surface area contributed by atoms with Crippen LogP contribution in [0.15, 0.2) is 54.9 Å². The summed E-state index contributed by atoms with van der Waals surface area (Å²) in [5, 5.41) is 29.0. The highest BCUT2D eigenvalue weighted by Gasteiger charge is 2.27. The smallest absolute Gasteiger partial charge is 0.341 e. The van der Waals surface area contributed by atoms with Crippen LogP contribution in [0.5, 0.6) is 5.75 Å². The lowest BCUT2D eigenvalue weighted by molar-refractivity contribution is -0.00178. The van der Waals surface area contributed by atoms with Gasteiger partial charge in [-0.1, -0.05) is 0 Å². The van der Waals surface area contributed by atoms with Crippen LogP contribution in [-0.2, 0) is 4.74 Å². The van der Waals surface area contributed by atoms with Gasteiger partial charge < -0.3 is 25.2 Å². The van der Waals surface area contributed by atoms with Crippen LogP contribution in [0.1, 0.15) is 40.1 Å². The molecule has 3 N–H and O–H groups in total. The summed E-state index contributed by atoms with van der Waals surface area (Å²) in [7, 11) is 2.67. The third-order valence-electron chi connectivity index (χ3n) is 6.13. The number of carbonyl (C=O) groups excluding carboxylic acids is 2. The molecule has 0 fully saturated rings. The maximum absolute atomic E-state index is 14.3. The summed E-state index contributed by atoms with van der Waals surface area (Å²) in [6.07, 6.45) is 1.07. The maximum atomic E-state index is 14.3. The fraction of sp³-hybridized carbons (Fsp3) is 0.250. The molecule has 11 nitrogen and oxygen atoms in total. The van der Waals surface area contributed by atoms with Crippen molar-refractivity contribution in [2.24, 2.45) is 0 Å². The number of pyridine rings is 1. The first-order chi connectivity index (χ1) is 19.0. The third-order valence-corrected chi connectivity index (χ3v) is 6.13. The number of nitriles is 1. The molecule has 206 valence electrons. The first kappa shape index (κ1) is 28.0. The second-order valence-corrected chi connectivity index (χ2v) is 9.39. The zero-order valence-corrected chi connectivity index (χ0v) is 22.2. The normalized spacial score (nSPS) is 11.9. The lowest BCUT2D eigenvalue weighted by Gasteiger charge is -2.22. The number of halogens is 1. The van der Waals surface area contributed by atoms with E-state index in [2.05, 4.69) is 26.8 Å². The number of aromatic nitrogens is 3. The zero-order valence-electron chi connectivity index (χ0n) is 22.2. The molecule has 0 saturated heterocycles. The van der Waals surface area contributed by atoms with E-state index in [4.69, 9.17) is 9.47 Å². The number of esters is 1.